The molecule has 4 heterocycles. The second-order valence-electron chi connectivity index (χ2n) is 8.13. The van der Waals surface area contributed by atoms with Crippen molar-refractivity contribution >= 4 is 29.3 Å². The lowest BCUT2D eigenvalue weighted by atomic mass is 9.89. The maximum Gasteiger partial charge on any atom is 0.262 e. The minimum absolute atomic E-state index is 0.119. The molecule has 28 heavy (non-hydrogen) atoms. The molecule has 0 saturated carbocycles. The first kappa shape index (κ1) is 17.4. The Hall–Kier alpha value is -2.74. The average molecular weight is 382 g/mol. The van der Waals surface area contributed by atoms with Crippen LogP contribution in [0.3, 0.4) is 0 Å². The molecular weight excluding hydrogens is 360 g/mol. The van der Waals surface area contributed by atoms with Crippen LogP contribution in [0.4, 0.5) is 5.69 Å². The lowest BCUT2D eigenvalue weighted by Gasteiger charge is -2.27. The maximum atomic E-state index is 12.9. The number of rotatable bonds is 4. The van der Waals surface area contributed by atoms with Crippen LogP contribution >= 0.6 is 0 Å². The van der Waals surface area contributed by atoms with Crippen LogP contribution in [0.25, 0.3) is 0 Å². The highest BCUT2D eigenvalue weighted by atomic mass is 16.2. The standard InChI is InChI=1S/C20H22N4O4/c25-17-6-5-16(18(26)23-17)24-19(27)13-3-1-11(8-14(13)20(24)28)21-9-10-7-12-2-4-15(10)22-12/h1,3,8,10,12,15-16,21-22H,2,4-7,9H2,(H,23,25,26). The third kappa shape index (κ3) is 2.71. The molecule has 1 aromatic carbocycles. The monoisotopic (exact) mass is 382 g/mol. The van der Waals surface area contributed by atoms with Crippen molar-refractivity contribution in [1.29, 1.82) is 0 Å². The van der Waals surface area contributed by atoms with Gasteiger partial charge in [-0.25, -0.2) is 0 Å². The Morgan fingerprint density at radius 3 is 2.57 bits per heavy atom. The summed E-state index contributed by atoms with van der Waals surface area (Å²) in [5.41, 5.74) is 1.42. The minimum Gasteiger partial charge on any atom is -0.385 e. The van der Waals surface area contributed by atoms with Gasteiger partial charge in [0, 0.05) is 30.7 Å². The van der Waals surface area contributed by atoms with Crippen LogP contribution in [0.1, 0.15) is 52.8 Å². The van der Waals surface area contributed by atoms with Gasteiger partial charge in [0.1, 0.15) is 6.04 Å². The van der Waals surface area contributed by atoms with Gasteiger partial charge in [0.15, 0.2) is 0 Å². The van der Waals surface area contributed by atoms with E-state index >= 15 is 0 Å². The molecule has 4 atom stereocenters. The Labute approximate surface area is 162 Å². The van der Waals surface area contributed by atoms with Gasteiger partial charge in [0.25, 0.3) is 11.8 Å². The molecule has 146 valence electrons. The van der Waals surface area contributed by atoms with Crippen molar-refractivity contribution in [2.75, 3.05) is 11.9 Å². The summed E-state index contributed by atoms with van der Waals surface area (Å²) in [5, 5.41) is 9.22. The quantitative estimate of drug-likeness (QED) is 0.660. The van der Waals surface area contributed by atoms with Crippen molar-refractivity contribution in [3.63, 3.8) is 0 Å². The molecule has 4 unspecified atom stereocenters. The molecule has 1 aromatic rings. The SMILES string of the molecule is O=C1CCC(N2C(=O)c3ccc(NCC4CC5CCC4N5)cc3C2=O)C(=O)N1. The smallest absolute Gasteiger partial charge is 0.262 e. The van der Waals surface area contributed by atoms with E-state index in [0.717, 1.165) is 17.1 Å². The van der Waals surface area contributed by atoms with Gasteiger partial charge in [-0.3, -0.25) is 29.4 Å². The lowest BCUT2D eigenvalue weighted by molar-refractivity contribution is -0.136. The first-order chi connectivity index (χ1) is 13.5. The molecule has 8 heteroatoms. The second-order valence-corrected chi connectivity index (χ2v) is 8.13. The third-order valence-corrected chi connectivity index (χ3v) is 6.44. The Balaban J connectivity index is 1.31. The summed E-state index contributed by atoms with van der Waals surface area (Å²) < 4.78 is 0. The van der Waals surface area contributed by atoms with Crippen molar-refractivity contribution < 1.29 is 19.2 Å². The van der Waals surface area contributed by atoms with Crippen LogP contribution in [0.2, 0.25) is 0 Å². The fourth-order valence-electron chi connectivity index (χ4n) is 4.99. The van der Waals surface area contributed by atoms with Crippen LogP contribution in [0.5, 0.6) is 0 Å². The number of anilines is 1. The van der Waals surface area contributed by atoms with Gasteiger partial charge >= 0.3 is 0 Å². The van der Waals surface area contributed by atoms with Crippen LogP contribution in [-0.4, -0.2) is 53.2 Å². The molecule has 0 aliphatic carbocycles. The minimum atomic E-state index is -0.929. The predicted octanol–water partition coefficient (Wildman–Crippen LogP) is 0.640. The molecule has 0 radical (unpaired) electrons. The number of nitrogens with one attached hydrogen (secondary N) is 3. The van der Waals surface area contributed by atoms with Crippen molar-refractivity contribution in [1.82, 2.24) is 15.5 Å². The van der Waals surface area contributed by atoms with Gasteiger partial charge in [-0.15, -0.1) is 0 Å². The number of imide groups is 2. The van der Waals surface area contributed by atoms with E-state index in [1.165, 1.54) is 19.3 Å². The van der Waals surface area contributed by atoms with Gasteiger partial charge < -0.3 is 10.6 Å². The normalized spacial score (nSPS) is 31.4. The summed E-state index contributed by atoms with van der Waals surface area (Å²) in [4.78, 5) is 50.0. The van der Waals surface area contributed by atoms with Crippen LogP contribution < -0.4 is 16.0 Å². The second kappa shape index (κ2) is 6.41. The zero-order valence-electron chi connectivity index (χ0n) is 15.4. The van der Waals surface area contributed by atoms with Gasteiger partial charge in [-0.2, -0.15) is 0 Å². The summed E-state index contributed by atoms with van der Waals surface area (Å²) >= 11 is 0. The van der Waals surface area contributed by atoms with E-state index in [4.69, 9.17) is 0 Å². The fourth-order valence-corrected chi connectivity index (χ4v) is 4.99. The zero-order chi connectivity index (χ0) is 19.4. The number of benzene rings is 1. The zero-order valence-corrected chi connectivity index (χ0v) is 15.4. The van der Waals surface area contributed by atoms with E-state index in [-0.39, 0.29) is 18.7 Å². The molecule has 4 aliphatic heterocycles. The van der Waals surface area contributed by atoms with E-state index in [0.29, 0.717) is 29.1 Å². The molecule has 2 bridgehead atoms. The summed E-state index contributed by atoms with van der Waals surface area (Å²) in [5.74, 6) is -1.34. The number of piperidine rings is 1. The molecular formula is C20H22N4O4. The number of amides is 4. The molecule has 4 aliphatic rings. The Morgan fingerprint density at radius 2 is 1.86 bits per heavy atom. The van der Waals surface area contributed by atoms with E-state index < -0.39 is 23.8 Å². The van der Waals surface area contributed by atoms with Crippen molar-refractivity contribution in [3.05, 3.63) is 29.3 Å². The highest BCUT2D eigenvalue weighted by Crippen LogP contribution is 2.34. The number of carbonyl (C=O) groups excluding carboxylic acids is 4. The molecule has 3 fully saturated rings. The molecule has 3 N–H and O–H groups in total. The van der Waals surface area contributed by atoms with Crippen molar-refractivity contribution in [3.8, 4) is 0 Å². The first-order valence-corrected chi connectivity index (χ1v) is 9.87. The summed E-state index contributed by atoms with van der Waals surface area (Å²) in [6.07, 6.45) is 3.93. The number of hydrogen-bond acceptors (Lipinski definition) is 6. The number of carbonyl (C=O) groups is 4. The summed E-state index contributed by atoms with van der Waals surface area (Å²) in [6, 6.07) is 5.42. The van der Waals surface area contributed by atoms with Gasteiger partial charge in [0.05, 0.1) is 11.1 Å². The Kier molecular flexibility index (Phi) is 3.97. The van der Waals surface area contributed by atoms with Gasteiger partial charge in [0.2, 0.25) is 11.8 Å². The van der Waals surface area contributed by atoms with Gasteiger partial charge in [-0.1, -0.05) is 0 Å². The maximum absolute atomic E-state index is 12.9. The molecule has 4 amide bonds. The predicted molar refractivity (Wildman–Crippen MR) is 99.7 cm³/mol. The average Bonchev–Trinajstić information content (AvgIpc) is 3.36. The van der Waals surface area contributed by atoms with E-state index in [1.807, 2.05) is 0 Å². The molecule has 0 spiro atoms. The highest BCUT2D eigenvalue weighted by molar-refractivity contribution is 6.23. The Bertz CT molecular complexity index is 898. The summed E-state index contributed by atoms with van der Waals surface area (Å²) in [7, 11) is 0. The van der Waals surface area contributed by atoms with E-state index in [9.17, 15) is 19.2 Å². The van der Waals surface area contributed by atoms with Crippen LogP contribution in [0.15, 0.2) is 18.2 Å². The first-order valence-electron chi connectivity index (χ1n) is 9.87. The van der Waals surface area contributed by atoms with E-state index in [2.05, 4.69) is 16.0 Å². The third-order valence-electron chi connectivity index (χ3n) is 6.44. The molecule has 5 rings (SSSR count). The van der Waals surface area contributed by atoms with Crippen LogP contribution in [0, 0.1) is 5.92 Å². The largest absolute Gasteiger partial charge is 0.385 e. The number of hydrogen-bond donors (Lipinski definition) is 3. The van der Waals surface area contributed by atoms with E-state index in [1.54, 1.807) is 18.2 Å². The molecule has 8 nitrogen and oxygen atoms in total. The topological polar surface area (TPSA) is 108 Å². The van der Waals surface area contributed by atoms with Crippen molar-refractivity contribution in [2.24, 2.45) is 5.92 Å². The Morgan fingerprint density at radius 1 is 1.04 bits per heavy atom. The molecule has 3 saturated heterocycles. The highest BCUT2D eigenvalue weighted by Gasteiger charge is 2.44. The summed E-state index contributed by atoms with van der Waals surface area (Å²) in [6.45, 7) is 0.825. The fraction of sp³-hybridized carbons (Fsp3) is 0.500. The van der Waals surface area contributed by atoms with Crippen LogP contribution in [-0.2, 0) is 9.59 Å². The molecule has 0 aromatic heterocycles. The van der Waals surface area contributed by atoms with Crippen molar-refractivity contribution in [2.45, 2.75) is 50.2 Å². The van der Waals surface area contributed by atoms with Gasteiger partial charge in [-0.05, 0) is 49.8 Å². The number of nitrogens with zero attached hydrogens (tertiary/aromatic N) is 1. The number of fused-ring (bicyclic) bond motifs is 3. The lowest BCUT2D eigenvalue weighted by Crippen LogP contribution is -2.54.